The van der Waals surface area contributed by atoms with Crippen molar-refractivity contribution in [3.8, 4) is 17.2 Å². The zero-order valence-corrected chi connectivity index (χ0v) is 16.9. The molecule has 0 aliphatic rings. The minimum absolute atomic E-state index is 0.128. The summed E-state index contributed by atoms with van der Waals surface area (Å²) in [5, 5.41) is 0. The van der Waals surface area contributed by atoms with Crippen molar-refractivity contribution in [1.82, 2.24) is 0 Å². The summed E-state index contributed by atoms with van der Waals surface area (Å²) in [4.78, 5) is 0. The average molecular weight is 379 g/mol. The lowest BCUT2D eigenvalue weighted by Gasteiger charge is -2.34. The lowest BCUT2D eigenvalue weighted by atomic mass is 10.3. The van der Waals surface area contributed by atoms with Gasteiger partial charge in [-0.1, -0.05) is 74.9 Å². The summed E-state index contributed by atoms with van der Waals surface area (Å²) in [6.07, 6.45) is 1.99. The molecule has 1 unspecified atom stereocenters. The van der Waals surface area contributed by atoms with Crippen molar-refractivity contribution in [2.24, 2.45) is 0 Å². The molecule has 0 aliphatic carbocycles. The van der Waals surface area contributed by atoms with Gasteiger partial charge in [0.05, 0.1) is 5.54 Å². The van der Waals surface area contributed by atoms with E-state index >= 15 is 0 Å². The lowest BCUT2D eigenvalue weighted by molar-refractivity contribution is 0.242. The third-order valence-corrected chi connectivity index (χ3v) is 7.39. The molecular weight excluding hydrogens is 352 g/mol. The number of rotatable bonds is 9. The minimum atomic E-state index is -3.14. The largest absolute Gasteiger partial charge is 0.702 e. The Labute approximate surface area is 162 Å². The fourth-order valence-electron chi connectivity index (χ4n) is 2.93. The molecule has 0 amide bonds. The van der Waals surface area contributed by atoms with Gasteiger partial charge >= 0.3 is 8.80 Å². The molecule has 0 heterocycles. The Morgan fingerprint density at radius 2 is 0.963 bits per heavy atom. The van der Waals surface area contributed by atoms with Gasteiger partial charge in [0.15, 0.2) is 0 Å². The summed E-state index contributed by atoms with van der Waals surface area (Å²) in [5.74, 6) is 2.29. The molecule has 0 aliphatic heterocycles. The number of benzene rings is 3. The Balaban J connectivity index is 2.01. The fourth-order valence-corrected chi connectivity index (χ4v) is 5.70. The average Bonchev–Trinajstić information content (AvgIpc) is 2.70. The van der Waals surface area contributed by atoms with Gasteiger partial charge in [0.1, 0.15) is 17.2 Å². The number of para-hydroxylation sites is 3. The molecule has 3 aromatic carbocycles. The van der Waals surface area contributed by atoms with Crippen molar-refractivity contribution in [3.63, 3.8) is 0 Å². The van der Waals surface area contributed by atoms with E-state index in [1.807, 2.05) is 91.0 Å². The summed E-state index contributed by atoms with van der Waals surface area (Å²) < 4.78 is 19.6. The highest BCUT2D eigenvalue weighted by molar-refractivity contribution is 6.64. The zero-order valence-electron chi connectivity index (χ0n) is 15.9. The molecule has 0 radical (unpaired) electrons. The van der Waals surface area contributed by atoms with Crippen molar-refractivity contribution in [2.75, 3.05) is 0 Å². The zero-order chi connectivity index (χ0) is 19.0. The first-order valence-corrected chi connectivity index (χ1v) is 11.2. The van der Waals surface area contributed by atoms with Crippen LogP contribution in [0.5, 0.6) is 17.2 Å². The SMILES string of the molecule is CCCC(C)[Si](Oc1ccccc1)(Oc1ccccc1)Oc1ccccc1. The second kappa shape index (κ2) is 9.28. The molecule has 0 saturated carbocycles. The van der Waals surface area contributed by atoms with Crippen molar-refractivity contribution in [2.45, 2.75) is 32.2 Å². The van der Waals surface area contributed by atoms with Crippen LogP contribution >= 0.6 is 0 Å². The van der Waals surface area contributed by atoms with Crippen LogP contribution in [0, 0.1) is 0 Å². The summed E-state index contributed by atoms with van der Waals surface area (Å²) in [6.45, 7) is 4.33. The van der Waals surface area contributed by atoms with E-state index in [1.165, 1.54) is 0 Å². The van der Waals surface area contributed by atoms with Crippen LogP contribution < -0.4 is 13.3 Å². The monoisotopic (exact) mass is 378 g/mol. The molecule has 0 saturated heterocycles. The van der Waals surface area contributed by atoms with Gasteiger partial charge in [0.2, 0.25) is 0 Å². The van der Waals surface area contributed by atoms with Crippen LogP contribution in [0.3, 0.4) is 0 Å². The molecule has 27 heavy (non-hydrogen) atoms. The molecule has 3 rings (SSSR count). The van der Waals surface area contributed by atoms with Crippen molar-refractivity contribution in [1.29, 1.82) is 0 Å². The maximum Gasteiger partial charge on any atom is 0.702 e. The van der Waals surface area contributed by atoms with E-state index in [-0.39, 0.29) is 5.54 Å². The Kier molecular flexibility index (Phi) is 6.55. The smallest absolute Gasteiger partial charge is 0.483 e. The molecule has 0 spiro atoms. The molecule has 140 valence electrons. The van der Waals surface area contributed by atoms with Crippen LogP contribution in [-0.4, -0.2) is 8.80 Å². The molecule has 3 nitrogen and oxygen atoms in total. The van der Waals surface area contributed by atoms with Gasteiger partial charge in [0, 0.05) is 0 Å². The first-order chi connectivity index (χ1) is 13.2. The number of hydrogen-bond donors (Lipinski definition) is 0. The molecular formula is C23H26O3Si. The van der Waals surface area contributed by atoms with E-state index in [1.54, 1.807) is 0 Å². The molecule has 1 atom stereocenters. The highest BCUT2D eigenvalue weighted by Crippen LogP contribution is 2.34. The Morgan fingerprint density at radius 1 is 0.630 bits per heavy atom. The lowest BCUT2D eigenvalue weighted by Crippen LogP contribution is -2.58. The van der Waals surface area contributed by atoms with E-state index in [4.69, 9.17) is 13.3 Å². The predicted molar refractivity (Wildman–Crippen MR) is 111 cm³/mol. The van der Waals surface area contributed by atoms with E-state index in [2.05, 4.69) is 13.8 Å². The maximum atomic E-state index is 6.52. The van der Waals surface area contributed by atoms with E-state index in [9.17, 15) is 0 Å². The molecule has 0 N–H and O–H groups in total. The summed E-state index contributed by atoms with van der Waals surface area (Å²) >= 11 is 0. The summed E-state index contributed by atoms with van der Waals surface area (Å²) in [5.41, 5.74) is 0.128. The van der Waals surface area contributed by atoms with Gasteiger partial charge in [0.25, 0.3) is 0 Å². The molecule has 0 aromatic heterocycles. The second-order valence-corrected chi connectivity index (χ2v) is 9.34. The van der Waals surface area contributed by atoms with Crippen LogP contribution in [0.4, 0.5) is 0 Å². The first-order valence-electron chi connectivity index (χ1n) is 9.44. The third-order valence-electron chi connectivity index (χ3n) is 4.34. The maximum absolute atomic E-state index is 6.52. The molecule has 0 fully saturated rings. The van der Waals surface area contributed by atoms with Crippen LogP contribution in [0.2, 0.25) is 5.54 Å². The molecule has 0 bridgehead atoms. The van der Waals surface area contributed by atoms with Crippen LogP contribution in [-0.2, 0) is 0 Å². The molecule has 4 heteroatoms. The minimum Gasteiger partial charge on any atom is -0.483 e. The molecule has 3 aromatic rings. The van der Waals surface area contributed by atoms with Gasteiger partial charge in [-0.3, -0.25) is 0 Å². The predicted octanol–water partition coefficient (Wildman–Crippen LogP) is 6.35. The second-order valence-electron chi connectivity index (χ2n) is 6.54. The quantitative estimate of drug-likeness (QED) is 0.406. The summed E-state index contributed by atoms with van der Waals surface area (Å²) in [7, 11) is -3.14. The summed E-state index contributed by atoms with van der Waals surface area (Å²) in [6, 6.07) is 29.4. The van der Waals surface area contributed by atoms with Crippen LogP contribution in [0.15, 0.2) is 91.0 Å². The van der Waals surface area contributed by atoms with Gasteiger partial charge in [-0.05, 0) is 42.8 Å². The van der Waals surface area contributed by atoms with Gasteiger partial charge in [-0.25, -0.2) is 0 Å². The Bertz CT molecular complexity index is 692. The highest BCUT2D eigenvalue weighted by atomic mass is 28.4. The van der Waals surface area contributed by atoms with Crippen LogP contribution in [0.25, 0.3) is 0 Å². The van der Waals surface area contributed by atoms with Gasteiger partial charge in [-0.2, -0.15) is 0 Å². The van der Waals surface area contributed by atoms with E-state index < -0.39 is 8.80 Å². The van der Waals surface area contributed by atoms with Gasteiger partial charge in [-0.15, -0.1) is 0 Å². The van der Waals surface area contributed by atoms with E-state index in [0.717, 1.165) is 30.1 Å². The standard InChI is InChI=1S/C23H26O3Si/c1-3-13-20(2)27(24-21-14-7-4-8-15-21,25-22-16-9-5-10-17-22)26-23-18-11-6-12-19-23/h4-12,14-20H,3,13H2,1-2H3. The normalized spacial score (nSPS) is 12.2. The van der Waals surface area contributed by atoms with Crippen molar-refractivity contribution in [3.05, 3.63) is 91.0 Å². The highest BCUT2D eigenvalue weighted by Gasteiger charge is 2.54. The van der Waals surface area contributed by atoms with Crippen LogP contribution in [0.1, 0.15) is 26.7 Å². The van der Waals surface area contributed by atoms with Gasteiger partial charge < -0.3 is 13.3 Å². The Hall–Kier alpha value is -2.72. The fraction of sp³-hybridized carbons (Fsp3) is 0.217. The van der Waals surface area contributed by atoms with Crippen molar-refractivity contribution < 1.29 is 13.3 Å². The van der Waals surface area contributed by atoms with E-state index in [0.29, 0.717) is 0 Å². The van der Waals surface area contributed by atoms with Crippen molar-refractivity contribution >= 4 is 8.80 Å². The topological polar surface area (TPSA) is 27.7 Å². The third kappa shape index (κ3) is 5.14. The Morgan fingerprint density at radius 3 is 1.26 bits per heavy atom. The number of hydrogen-bond acceptors (Lipinski definition) is 3. The first kappa shape index (κ1) is 19.0.